The number of rotatable bonds is 4. The highest BCUT2D eigenvalue weighted by atomic mass is 79.9. The zero-order chi connectivity index (χ0) is 14.1. The van der Waals surface area contributed by atoms with Crippen molar-refractivity contribution in [3.05, 3.63) is 28.2 Å². The number of morpholine rings is 1. The summed E-state index contributed by atoms with van der Waals surface area (Å²) in [5.74, 6) is 0. The Hall–Kier alpha value is -0.580. The van der Waals surface area contributed by atoms with Crippen LogP contribution in [0.1, 0.15) is 38.3 Å². The van der Waals surface area contributed by atoms with E-state index < -0.39 is 0 Å². The second-order valence-corrected chi connectivity index (χ2v) is 6.76. The van der Waals surface area contributed by atoms with Crippen LogP contribution in [-0.2, 0) is 4.74 Å². The lowest BCUT2D eigenvalue weighted by Crippen LogP contribution is -2.43. The summed E-state index contributed by atoms with van der Waals surface area (Å²) in [4.78, 5) is 2.52. The van der Waals surface area contributed by atoms with Crippen molar-refractivity contribution in [2.75, 3.05) is 24.5 Å². The van der Waals surface area contributed by atoms with Gasteiger partial charge in [-0.2, -0.15) is 0 Å². The first kappa shape index (κ1) is 14.4. The third-order valence-electron chi connectivity index (χ3n) is 4.35. The quantitative estimate of drug-likeness (QED) is 0.909. The lowest BCUT2D eigenvalue weighted by molar-refractivity contribution is 0.0304. The molecule has 0 aromatic heterocycles. The lowest BCUT2D eigenvalue weighted by Gasteiger charge is -2.36. The predicted octanol–water partition coefficient (Wildman–Crippen LogP) is 3.49. The molecule has 0 aliphatic carbocycles. The van der Waals surface area contributed by atoms with Crippen LogP contribution in [0.15, 0.2) is 22.7 Å². The molecule has 3 nitrogen and oxygen atoms in total. The number of hydrogen-bond acceptors (Lipinski definition) is 3. The third-order valence-corrected chi connectivity index (χ3v) is 4.84. The third kappa shape index (κ3) is 2.87. The Morgan fingerprint density at radius 2 is 2.05 bits per heavy atom. The van der Waals surface area contributed by atoms with Crippen LogP contribution in [0.2, 0.25) is 0 Å². The van der Waals surface area contributed by atoms with Gasteiger partial charge in [-0.15, -0.1) is 0 Å². The standard InChI is InChI=1S/C16H23BrN2O/c1-3-18-11(2)15-8-12(17)4-7-16(15)19-9-13-5-6-14(10-19)20-13/h4,7-8,11,13-14,18H,3,5-6,9-10H2,1-2H3. The van der Waals surface area contributed by atoms with Crippen molar-refractivity contribution in [1.29, 1.82) is 0 Å². The van der Waals surface area contributed by atoms with Crippen LogP contribution in [0.25, 0.3) is 0 Å². The maximum atomic E-state index is 5.95. The summed E-state index contributed by atoms with van der Waals surface area (Å²) in [5.41, 5.74) is 2.74. The molecule has 2 aliphatic heterocycles. The van der Waals surface area contributed by atoms with Gasteiger partial charge in [-0.3, -0.25) is 0 Å². The van der Waals surface area contributed by atoms with E-state index in [0.29, 0.717) is 18.2 Å². The Morgan fingerprint density at radius 3 is 2.70 bits per heavy atom. The Balaban J connectivity index is 1.88. The molecule has 2 heterocycles. The first-order valence-electron chi connectivity index (χ1n) is 7.60. The SMILES string of the molecule is CCNC(C)c1cc(Br)ccc1N1CC2CCC(C1)O2. The minimum absolute atomic E-state index is 0.369. The molecule has 0 saturated carbocycles. The number of nitrogens with zero attached hydrogens (tertiary/aromatic N) is 1. The van der Waals surface area contributed by atoms with Crippen molar-refractivity contribution in [2.45, 2.75) is 44.9 Å². The van der Waals surface area contributed by atoms with Gasteiger partial charge >= 0.3 is 0 Å². The number of fused-ring (bicyclic) bond motifs is 2. The van der Waals surface area contributed by atoms with E-state index >= 15 is 0 Å². The largest absolute Gasteiger partial charge is 0.371 e. The summed E-state index contributed by atoms with van der Waals surface area (Å²) in [7, 11) is 0. The minimum Gasteiger partial charge on any atom is -0.371 e. The minimum atomic E-state index is 0.369. The van der Waals surface area contributed by atoms with Gasteiger partial charge in [0.25, 0.3) is 0 Å². The molecule has 2 bridgehead atoms. The fraction of sp³-hybridized carbons (Fsp3) is 0.625. The molecule has 3 unspecified atom stereocenters. The van der Waals surface area contributed by atoms with E-state index in [1.54, 1.807) is 0 Å². The maximum absolute atomic E-state index is 5.95. The highest BCUT2D eigenvalue weighted by Gasteiger charge is 2.34. The van der Waals surface area contributed by atoms with Crippen LogP contribution in [0.3, 0.4) is 0 Å². The molecule has 3 rings (SSSR count). The summed E-state index contributed by atoms with van der Waals surface area (Å²) in [6.45, 7) is 7.45. The molecule has 3 atom stereocenters. The van der Waals surface area contributed by atoms with Crippen molar-refractivity contribution in [3.63, 3.8) is 0 Å². The number of benzene rings is 1. The highest BCUT2D eigenvalue weighted by Crippen LogP contribution is 2.34. The highest BCUT2D eigenvalue weighted by molar-refractivity contribution is 9.10. The molecule has 0 amide bonds. The fourth-order valence-corrected chi connectivity index (χ4v) is 3.77. The van der Waals surface area contributed by atoms with E-state index in [1.165, 1.54) is 24.1 Å². The van der Waals surface area contributed by atoms with E-state index in [9.17, 15) is 0 Å². The average molecular weight is 339 g/mol. The Morgan fingerprint density at radius 1 is 1.35 bits per heavy atom. The van der Waals surface area contributed by atoms with Crippen LogP contribution in [0.4, 0.5) is 5.69 Å². The summed E-state index contributed by atoms with van der Waals surface area (Å²) in [5, 5.41) is 3.53. The van der Waals surface area contributed by atoms with E-state index in [4.69, 9.17) is 4.74 Å². The Kier molecular flexibility index (Phi) is 4.34. The first-order chi connectivity index (χ1) is 9.67. The summed E-state index contributed by atoms with van der Waals surface area (Å²) >= 11 is 3.60. The Bertz CT molecular complexity index is 468. The second-order valence-electron chi connectivity index (χ2n) is 5.84. The van der Waals surface area contributed by atoms with Crippen LogP contribution in [0.5, 0.6) is 0 Å². The summed E-state index contributed by atoms with van der Waals surface area (Å²) in [6.07, 6.45) is 3.30. The molecule has 1 aromatic carbocycles. The van der Waals surface area contributed by atoms with Gasteiger partial charge in [0.15, 0.2) is 0 Å². The Labute approximate surface area is 129 Å². The lowest BCUT2D eigenvalue weighted by atomic mass is 10.0. The number of ether oxygens (including phenoxy) is 1. The van der Waals surface area contributed by atoms with Crippen molar-refractivity contribution in [1.82, 2.24) is 5.32 Å². The van der Waals surface area contributed by atoms with Gasteiger partial charge in [-0.05, 0) is 50.1 Å². The van der Waals surface area contributed by atoms with Gasteiger partial charge in [-0.1, -0.05) is 22.9 Å². The predicted molar refractivity (Wildman–Crippen MR) is 86.3 cm³/mol. The molecule has 1 aromatic rings. The molecular weight excluding hydrogens is 316 g/mol. The van der Waals surface area contributed by atoms with Gasteiger partial charge in [-0.25, -0.2) is 0 Å². The van der Waals surface area contributed by atoms with E-state index in [1.807, 2.05) is 0 Å². The van der Waals surface area contributed by atoms with Gasteiger partial charge < -0.3 is 15.0 Å². The molecule has 2 fully saturated rings. The number of anilines is 1. The van der Waals surface area contributed by atoms with E-state index in [0.717, 1.165) is 24.1 Å². The van der Waals surface area contributed by atoms with Crippen molar-refractivity contribution >= 4 is 21.6 Å². The van der Waals surface area contributed by atoms with Gasteiger partial charge in [0.1, 0.15) is 0 Å². The summed E-state index contributed by atoms with van der Waals surface area (Å²) in [6, 6.07) is 7.01. The van der Waals surface area contributed by atoms with Crippen LogP contribution in [0, 0.1) is 0 Å². The molecule has 0 radical (unpaired) electrons. The molecule has 0 spiro atoms. The summed E-state index contributed by atoms with van der Waals surface area (Å²) < 4.78 is 7.10. The van der Waals surface area contributed by atoms with E-state index in [2.05, 4.69) is 58.2 Å². The fourth-order valence-electron chi connectivity index (χ4n) is 3.39. The number of nitrogens with one attached hydrogen (secondary N) is 1. The molecular formula is C16H23BrN2O. The average Bonchev–Trinajstić information content (AvgIpc) is 2.77. The van der Waals surface area contributed by atoms with Gasteiger partial charge in [0, 0.05) is 29.3 Å². The monoisotopic (exact) mass is 338 g/mol. The second kappa shape index (κ2) is 6.04. The van der Waals surface area contributed by atoms with Gasteiger partial charge in [0.05, 0.1) is 12.2 Å². The molecule has 1 N–H and O–H groups in total. The number of halogens is 1. The zero-order valence-corrected chi connectivity index (χ0v) is 13.8. The van der Waals surface area contributed by atoms with Crippen molar-refractivity contribution < 1.29 is 4.74 Å². The molecule has 4 heteroatoms. The first-order valence-corrected chi connectivity index (χ1v) is 8.40. The van der Waals surface area contributed by atoms with Crippen LogP contribution in [-0.4, -0.2) is 31.8 Å². The molecule has 110 valence electrons. The van der Waals surface area contributed by atoms with Crippen LogP contribution < -0.4 is 10.2 Å². The normalized spacial score (nSPS) is 26.9. The van der Waals surface area contributed by atoms with Crippen molar-refractivity contribution in [2.24, 2.45) is 0 Å². The maximum Gasteiger partial charge on any atom is 0.0755 e. The zero-order valence-electron chi connectivity index (χ0n) is 12.2. The molecule has 20 heavy (non-hydrogen) atoms. The smallest absolute Gasteiger partial charge is 0.0755 e. The van der Waals surface area contributed by atoms with E-state index in [-0.39, 0.29) is 0 Å². The molecule has 2 aliphatic rings. The van der Waals surface area contributed by atoms with Gasteiger partial charge in [0.2, 0.25) is 0 Å². The molecule has 2 saturated heterocycles. The van der Waals surface area contributed by atoms with Crippen molar-refractivity contribution in [3.8, 4) is 0 Å². The van der Waals surface area contributed by atoms with Crippen LogP contribution >= 0.6 is 15.9 Å². The number of hydrogen-bond donors (Lipinski definition) is 1. The topological polar surface area (TPSA) is 24.5 Å².